The molecular weight excluding hydrogens is 284 g/mol. The Morgan fingerprint density at radius 3 is 2.45 bits per heavy atom. The molecule has 0 saturated carbocycles. The third-order valence-electron chi connectivity index (χ3n) is 3.85. The van der Waals surface area contributed by atoms with Gasteiger partial charge in [0.05, 0.1) is 14.2 Å². The summed E-state index contributed by atoms with van der Waals surface area (Å²) in [5, 5.41) is 3.80. The lowest BCUT2D eigenvalue weighted by molar-refractivity contribution is 0.0724. The first-order chi connectivity index (χ1) is 10.6. The van der Waals surface area contributed by atoms with Crippen LogP contribution in [0.15, 0.2) is 22.7 Å². The Morgan fingerprint density at radius 2 is 1.86 bits per heavy atom. The Hall–Kier alpha value is -2.50. The van der Waals surface area contributed by atoms with Crippen LogP contribution in [0.1, 0.15) is 27.4 Å². The van der Waals surface area contributed by atoms with Crippen molar-refractivity contribution in [3.8, 4) is 11.5 Å². The van der Waals surface area contributed by atoms with Gasteiger partial charge >= 0.3 is 0 Å². The van der Waals surface area contributed by atoms with E-state index in [9.17, 15) is 4.79 Å². The molecule has 6 nitrogen and oxygen atoms in total. The van der Waals surface area contributed by atoms with E-state index in [1.54, 1.807) is 32.1 Å². The molecule has 0 saturated heterocycles. The summed E-state index contributed by atoms with van der Waals surface area (Å²) in [4.78, 5) is 14.2. The number of nitrogens with zero attached hydrogens (tertiary/aromatic N) is 2. The molecule has 1 aliphatic heterocycles. The molecule has 1 aromatic heterocycles. The van der Waals surface area contributed by atoms with Gasteiger partial charge in [0.2, 0.25) is 0 Å². The SMILES string of the molecule is COc1cc2c(cc1OC)CN(C(=O)c1cc(C)on1)CC2. The van der Waals surface area contributed by atoms with Gasteiger partial charge in [0.1, 0.15) is 5.76 Å². The molecule has 1 aromatic carbocycles. The molecule has 1 aliphatic rings. The molecule has 3 rings (SSSR count). The molecule has 6 heteroatoms. The number of benzene rings is 1. The van der Waals surface area contributed by atoms with E-state index in [1.165, 1.54) is 5.56 Å². The lowest BCUT2D eigenvalue weighted by Gasteiger charge is -2.29. The summed E-state index contributed by atoms with van der Waals surface area (Å²) < 4.78 is 15.6. The van der Waals surface area contributed by atoms with Crippen LogP contribution in [0.2, 0.25) is 0 Å². The molecule has 0 aliphatic carbocycles. The smallest absolute Gasteiger partial charge is 0.276 e. The molecule has 2 aromatic rings. The minimum atomic E-state index is -0.114. The zero-order chi connectivity index (χ0) is 15.7. The maximum atomic E-state index is 12.4. The second-order valence-electron chi connectivity index (χ2n) is 5.28. The summed E-state index contributed by atoms with van der Waals surface area (Å²) in [5.74, 6) is 1.91. The Morgan fingerprint density at radius 1 is 1.18 bits per heavy atom. The van der Waals surface area contributed by atoms with Gasteiger partial charge in [-0.1, -0.05) is 5.16 Å². The van der Waals surface area contributed by atoms with Crippen molar-refractivity contribution in [2.75, 3.05) is 20.8 Å². The van der Waals surface area contributed by atoms with Crippen LogP contribution in [0.5, 0.6) is 11.5 Å². The van der Waals surface area contributed by atoms with Crippen LogP contribution in [0.3, 0.4) is 0 Å². The first-order valence-electron chi connectivity index (χ1n) is 7.08. The van der Waals surface area contributed by atoms with E-state index in [2.05, 4.69) is 5.16 Å². The molecule has 0 radical (unpaired) electrons. The summed E-state index contributed by atoms with van der Waals surface area (Å²) in [6.07, 6.45) is 0.776. The predicted molar refractivity (Wildman–Crippen MR) is 79.2 cm³/mol. The quantitative estimate of drug-likeness (QED) is 0.869. The van der Waals surface area contributed by atoms with Gasteiger partial charge in [-0.15, -0.1) is 0 Å². The normalized spacial score (nSPS) is 13.7. The Labute approximate surface area is 128 Å². The van der Waals surface area contributed by atoms with Crippen molar-refractivity contribution in [1.29, 1.82) is 0 Å². The second kappa shape index (κ2) is 5.71. The summed E-state index contributed by atoms with van der Waals surface area (Å²) in [6.45, 7) is 2.94. The summed E-state index contributed by atoms with van der Waals surface area (Å²) in [7, 11) is 3.23. The molecule has 0 unspecified atom stereocenters. The van der Waals surface area contributed by atoms with E-state index in [-0.39, 0.29) is 5.91 Å². The van der Waals surface area contributed by atoms with E-state index >= 15 is 0 Å². The van der Waals surface area contributed by atoms with Gasteiger partial charge in [0.15, 0.2) is 17.2 Å². The van der Waals surface area contributed by atoms with Crippen LogP contribution in [0.25, 0.3) is 0 Å². The average Bonchev–Trinajstić information content (AvgIpc) is 2.98. The molecule has 1 amide bonds. The first kappa shape index (κ1) is 14.4. The van der Waals surface area contributed by atoms with Crippen molar-refractivity contribution in [2.45, 2.75) is 19.9 Å². The number of carbonyl (C=O) groups excluding carboxylic acids is 1. The van der Waals surface area contributed by atoms with Crippen molar-refractivity contribution < 1.29 is 18.8 Å². The first-order valence-corrected chi connectivity index (χ1v) is 7.08. The molecule has 22 heavy (non-hydrogen) atoms. The monoisotopic (exact) mass is 302 g/mol. The highest BCUT2D eigenvalue weighted by molar-refractivity contribution is 5.92. The number of carbonyl (C=O) groups is 1. The fourth-order valence-corrected chi connectivity index (χ4v) is 2.69. The number of hydrogen-bond acceptors (Lipinski definition) is 5. The van der Waals surface area contributed by atoms with Gasteiger partial charge in [-0.2, -0.15) is 0 Å². The average molecular weight is 302 g/mol. The maximum Gasteiger partial charge on any atom is 0.276 e. The van der Waals surface area contributed by atoms with Crippen LogP contribution < -0.4 is 9.47 Å². The van der Waals surface area contributed by atoms with Gasteiger partial charge in [-0.05, 0) is 36.6 Å². The van der Waals surface area contributed by atoms with Crippen molar-refractivity contribution in [3.63, 3.8) is 0 Å². The van der Waals surface area contributed by atoms with Crippen molar-refractivity contribution in [1.82, 2.24) is 10.1 Å². The third-order valence-corrected chi connectivity index (χ3v) is 3.85. The zero-order valence-electron chi connectivity index (χ0n) is 12.9. The lowest BCUT2D eigenvalue weighted by Crippen LogP contribution is -2.36. The van der Waals surface area contributed by atoms with E-state index < -0.39 is 0 Å². The van der Waals surface area contributed by atoms with Crippen molar-refractivity contribution in [3.05, 3.63) is 40.8 Å². The Balaban J connectivity index is 1.85. The highest BCUT2D eigenvalue weighted by atomic mass is 16.5. The summed E-state index contributed by atoms with van der Waals surface area (Å²) >= 11 is 0. The molecule has 2 heterocycles. The van der Waals surface area contributed by atoms with Crippen LogP contribution in [-0.2, 0) is 13.0 Å². The summed E-state index contributed by atoms with van der Waals surface area (Å²) in [6, 6.07) is 5.57. The lowest BCUT2D eigenvalue weighted by atomic mass is 9.98. The number of amides is 1. The summed E-state index contributed by atoms with van der Waals surface area (Å²) in [5.41, 5.74) is 2.59. The number of aryl methyl sites for hydroxylation is 1. The molecule has 0 fully saturated rings. The Kier molecular flexibility index (Phi) is 3.75. The largest absolute Gasteiger partial charge is 0.493 e. The van der Waals surface area contributed by atoms with Crippen molar-refractivity contribution in [2.24, 2.45) is 0 Å². The maximum absolute atomic E-state index is 12.4. The fraction of sp³-hybridized carbons (Fsp3) is 0.375. The molecular formula is C16H18N2O4. The van der Waals surface area contributed by atoms with Crippen LogP contribution in [-0.4, -0.2) is 36.7 Å². The van der Waals surface area contributed by atoms with Crippen LogP contribution >= 0.6 is 0 Å². The van der Waals surface area contributed by atoms with Crippen LogP contribution in [0.4, 0.5) is 0 Å². The highest BCUT2D eigenvalue weighted by Crippen LogP contribution is 2.33. The Bertz CT molecular complexity index is 708. The van der Waals surface area contributed by atoms with Gasteiger partial charge in [0, 0.05) is 19.2 Å². The van der Waals surface area contributed by atoms with Crippen molar-refractivity contribution >= 4 is 5.91 Å². The van der Waals surface area contributed by atoms with E-state index in [4.69, 9.17) is 14.0 Å². The standard InChI is InChI=1S/C16H18N2O4/c1-10-6-13(17-22-10)16(19)18-5-4-11-7-14(20-2)15(21-3)8-12(11)9-18/h6-8H,4-5,9H2,1-3H3. The predicted octanol–water partition coefficient (Wildman–Crippen LogP) is 2.20. The van der Waals surface area contributed by atoms with Gasteiger partial charge in [-0.3, -0.25) is 4.79 Å². The topological polar surface area (TPSA) is 64.8 Å². The fourth-order valence-electron chi connectivity index (χ4n) is 2.69. The van der Waals surface area contributed by atoms with Gasteiger partial charge in [-0.25, -0.2) is 0 Å². The van der Waals surface area contributed by atoms with E-state index in [0.717, 1.165) is 12.0 Å². The van der Waals surface area contributed by atoms with Gasteiger partial charge < -0.3 is 18.9 Å². The zero-order valence-corrected chi connectivity index (χ0v) is 12.9. The molecule has 0 bridgehead atoms. The number of rotatable bonds is 3. The highest BCUT2D eigenvalue weighted by Gasteiger charge is 2.25. The minimum Gasteiger partial charge on any atom is -0.493 e. The number of hydrogen-bond donors (Lipinski definition) is 0. The molecule has 0 atom stereocenters. The van der Waals surface area contributed by atoms with E-state index in [0.29, 0.717) is 36.0 Å². The second-order valence-corrected chi connectivity index (χ2v) is 5.28. The number of methoxy groups -OCH3 is 2. The number of ether oxygens (including phenoxy) is 2. The molecule has 0 spiro atoms. The van der Waals surface area contributed by atoms with Gasteiger partial charge in [0.25, 0.3) is 5.91 Å². The van der Waals surface area contributed by atoms with E-state index in [1.807, 2.05) is 12.1 Å². The number of fused-ring (bicyclic) bond motifs is 1. The molecule has 116 valence electrons. The third kappa shape index (κ3) is 2.52. The minimum absolute atomic E-state index is 0.114. The molecule has 0 N–H and O–H groups in total. The van der Waals surface area contributed by atoms with Crippen LogP contribution in [0, 0.1) is 6.92 Å². The number of aromatic nitrogens is 1.